The lowest BCUT2D eigenvalue weighted by Crippen LogP contribution is -1.81. The Morgan fingerprint density at radius 1 is 0.667 bits per heavy atom. The van der Waals surface area contributed by atoms with Crippen molar-refractivity contribution in [2.75, 3.05) is 0 Å². The predicted octanol–water partition coefficient (Wildman–Crippen LogP) is 6.71. The Morgan fingerprint density at radius 2 is 1.54 bits per heavy atom. The maximum atomic E-state index is 6.06. The van der Waals surface area contributed by atoms with Gasteiger partial charge in [0.2, 0.25) is 0 Å². The maximum absolute atomic E-state index is 6.06. The lowest BCUT2D eigenvalue weighted by atomic mass is 9.97. The Kier molecular flexibility index (Phi) is 2.77. The zero-order chi connectivity index (χ0) is 16.1. The van der Waals surface area contributed by atoms with Gasteiger partial charge in [0.05, 0.1) is 0 Å². The van der Waals surface area contributed by atoms with E-state index in [1.54, 1.807) is 0 Å². The minimum Gasteiger partial charge on any atom is -0.456 e. The highest BCUT2D eigenvalue weighted by molar-refractivity contribution is 6.13. The third kappa shape index (κ3) is 1.95. The highest BCUT2D eigenvalue weighted by atomic mass is 16.3. The molecule has 1 nitrogen and oxygen atoms in total. The van der Waals surface area contributed by atoms with Gasteiger partial charge in [0, 0.05) is 10.8 Å². The van der Waals surface area contributed by atoms with Crippen LogP contribution in [0.2, 0.25) is 0 Å². The van der Waals surface area contributed by atoms with Gasteiger partial charge in [-0.15, -0.1) is 0 Å². The molecule has 0 saturated heterocycles. The van der Waals surface area contributed by atoms with Crippen molar-refractivity contribution in [1.29, 1.82) is 0 Å². The van der Waals surface area contributed by atoms with Crippen LogP contribution < -0.4 is 0 Å². The minimum atomic E-state index is 0.946. The van der Waals surface area contributed by atoms with Crippen molar-refractivity contribution in [3.8, 4) is 11.1 Å². The van der Waals surface area contributed by atoms with Gasteiger partial charge >= 0.3 is 0 Å². The molecule has 0 bridgehead atoms. The Morgan fingerprint density at radius 3 is 2.46 bits per heavy atom. The van der Waals surface area contributed by atoms with E-state index in [1.807, 2.05) is 0 Å². The van der Waals surface area contributed by atoms with E-state index in [0.29, 0.717) is 0 Å². The summed E-state index contributed by atoms with van der Waals surface area (Å²) in [5, 5.41) is 4.91. The molecule has 0 aliphatic carbocycles. The molecule has 5 rings (SSSR count). The van der Waals surface area contributed by atoms with Crippen LogP contribution in [0, 0.1) is 6.92 Å². The number of benzene rings is 4. The highest BCUT2D eigenvalue weighted by Gasteiger charge is 2.12. The summed E-state index contributed by atoms with van der Waals surface area (Å²) in [5.41, 5.74) is 5.59. The molecule has 0 aliphatic rings. The average molecular weight is 308 g/mol. The minimum absolute atomic E-state index is 0.946. The fourth-order valence-electron chi connectivity index (χ4n) is 3.54. The molecule has 4 aromatic carbocycles. The van der Waals surface area contributed by atoms with Crippen molar-refractivity contribution in [2.24, 2.45) is 0 Å². The van der Waals surface area contributed by atoms with Gasteiger partial charge in [-0.05, 0) is 53.1 Å². The third-order valence-electron chi connectivity index (χ3n) is 4.71. The lowest BCUT2D eigenvalue weighted by Gasteiger charge is -2.06. The molecular formula is C23H16O. The second-order valence-electron chi connectivity index (χ2n) is 6.34. The van der Waals surface area contributed by atoms with Crippen molar-refractivity contribution < 1.29 is 4.42 Å². The number of aryl methyl sites for hydroxylation is 1. The summed E-state index contributed by atoms with van der Waals surface area (Å²) in [6, 6.07) is 27.8. The molecule has 1 heterocycles. The van der Waals surface area contributed by atoms with Crippen LogP contribution >= 0.6 is 0 Å². The number of hydrogen-bond donors (Lipinski definition) is 0. The number of hydrogen-bond acceptors (Lipinski definition) is 1. The van der Waals surface area contributed by atoms with E-state index < -0.39 is 0 Å². The maximum Gasteiger partial charge on any atom is 0.136 e. The standard InChI is InChI=1S/C23H16O/c1-15-9-12-21-20(13-15)23-19(7-4-8-22(23)24-21)18-11-10-16-5-2-3-6-17(16)14-18/h2-14H,1H3. The third-order valence-corrected chi connectivity index (χ3v) is 4.71. The number of fused-ring (bicyclic) bond motifs is 4. The van der Waals surface area contributed by atoms with E-state index in [1.165, 1.54) is 38.2 Å². The summed E-state index contributed by atoms with van der Waals surface area (Å²) in [6.45, 7) is 2.12. The molecule has 0 N–H and O–H groups in total. The van der Waals surface area contributed by atoms with Crippen LogP contribution in [0.25, 0.3) is 43.8 Å². The second-order valence-corrected chi connectivity index (χ2v) is 6.34. The van der Waals surface area contributed by atoms with Crippen molar-refractivity contribution >= 4 is 32.7 Å². The summed E-state index contributed by atoms with van der Waals surface area (Å²) in [5.74, 6) is 0. The SMILES string of the molecule is Cc1ccc2oc3cccc(-c4ccc5ccccc5c4)c3c2c1. The zero-order valence-electron chi connectivity index (χ0n) is 13.4. The van der Waals surface area contributed by atoms with E-state index in [9.17, 15) is 0 Å². The van der Waals surface area contributed by atoms with Crippen molar-refractivity contribution in [1.82, 2.24) is 0 Å². The van der Waals surface area contributed by atoms with Gasteiger partial charge in [0.15, 0.2) is 0 Å². The fourth-order valence-corrected chi connectivity index (χ4v) is 3.54. The molecule has 5 aromatic rings. The van der Waals surface area contributed by atoms with E-state index in [4.69, 9.17) is 4.42 Å². The monoisotopic (exact) mass is 308 g/mol. The smallest absolute Gasteiger partial charge is 0.136 e. The molecular weight excluding hydrogens is 292 g/mol. The molecule has 0 aliphatic heterocycles. The molecule has 0 fully saturated rings. The molecule has 0 unspecified atom stereocenters. The second kappa shape index (κ2) is 4.97. The van der Waals surface area contributed by atoms with Crippen LogP contribution in [0.4, 0.5) is 0 Å². The van der Waals surface area contributed by atoms with Crippen molar-refractivity contribution in [2.45, 2.75) is 6.92 Å². The Bertz CT molecular complexity index is 1210. The predicted molar refractivity (Wildman–Crippen MR) is 101 cm³/mol. The first kappa shape index (κ1) is 13.4. The van der Waals surface area contributed by atoms with E-state index in [0.717, 1.165) is 11.2 Å². The first-order valence-electron chi connectivity index (χ1n) is 8.21. The van der Waals surface area contributed by atoms with Gasteiger partial charge in [0.1, 0.15) is 11.2 Å². The van der Waals surface area contributed by atoms with Crippen LogP contribution in [-0.2, 0) is 0 Å². The van der Waals surface area contributed by atoms with Crippen LogP contribution in [0.1, 0.15) is 5.56 Å². The first-order valence-corrected chi connectivity index (χ1v) is 8.21. The molecule has 0 spiro atoms. The Hall–Kier alpha value is -3.06. The molecule has 0 saturated carbocycles. The molecule has 114 valence electrons. The largest absolute Gasteiger partial charge is 0.456 e. The zero-order valence-corrected chi connectivity index (χ0v) is 13.4. The number of furan rings is 1. The summed E-state index contributed by atoms with van der Waals surface area (Å²) in [4.78, 5) is 0. The molecule has 0 amide bonds. The van der Waals surface area contributed by atoms with Gasteiger partial charge in [-0.1, -0.05) is 60.2 Å². The summed E-state index contributed by atoms with van der Waals surface area (Å²) >= 11 is 0. The number of rotatable bonds is 1. The normalized spacial score (nSPS) is 11.5. The topological polar surface area (TPSA) is 13.1 Å². The Labute approximate surface area is 140 Å². The van der Waals surface area contributed by atoms with E-state index >= 15 is 0 Å². The molecule has 24 heavy (non-hydrogen) atoms. The van der Waals surface area contributed by atoms with Crippen LogP contribution in [-0.4, -0.2) is 0 Å². The van der Waals surface area contributed by atoms with Crippen LogP contribution in [0.5, 0.6) is 0 Å². The Balaban J connectivity index is 1.87. The van der Waals surface area contributed by atoms with Gasteiger partial charge in [0.25, 0.3) is 0 Å². The first-order chi connectivity index (χ1) is 11.8. The van der Waals surface area contributed by atoms with Crippen LogP contribution in [0.15, 0.2) is 83.3 Å². The quantitative estimate of drug-likeness (QED) is 0.335. The molecule has 0 radical (unpaired) electrons. The van der Waals surface area contributed by atoms with Gasteiger partial charge in [-0.25, -0.2) is 0 Å². The average Bonchev–Trinajstić information content (AvgIpc) is 2.99. The molecule has 0 atom stereocenters. The highest BCUT2D eigenvalue weighted by Crippen LogP contribution is 2.37. The van der Waals surface area contributed by atoms with Gasteiger partial charge < -0.3 is 4.42 Å². The van der Waals surface area contributed by atoms with Crippen molar-refractivity contribution in [3.63, 3.8) is 0 Å². The van der Waals surface area contributed by atoms with Crippen molar-refractivity contribution in [3.05, 3.63) is 84.4 Å². The summed E-state index contributed by atoms with van der Waals surface area (Å²) in [6.07, 6.45) is 0. The van der Waals surface area contributed by atoms with Gasteiger partial charge in [-0.3, -0.25) is 0 Å². The fraction of sp³-hybridized carbons (Fsp3) is 0.0435. The lowest BCUT2D eigenvalue weighted by molar-refractivity contribution is 0.669. The molecule has 1 aromatic heterocycles. The van der Waals surface area contributed by atoms with E-state index in [-0.39, 0.29) is 0 Å². The van der Waals surface area contributed by atoms with E-state index in [2.05, 4.69) is 85.8 Å². The summed E-state index contributed by atoms with van der Waals surface area (Å²) in [7, 11) is 0. The van der Waals surface area contributed by atoms with Crippen LogP contribution in [0.3, 0.4) is 0 Å². The molecule has 1 heteroatoms. The van der Waals surface area contributed by atoms with Gasteiger partial charge in [-0.2, -0.15) is 0 Å². The summed E-state index contributed by atoms with van der Waals surface area (Å²) < 4.78 is 6.06.